The van der Waals surface area contributed by atoms with E-state index in [2.05, 4.69) is 31.2 Å². The van der Waals surface area contributed by atoms with Crippen molar-refractivity contribution < 1.29 is 4.79 Å². The molecule has 0 aromatic heterocycles. The molecule has 0 atom stereocenters. The van der Waals surface area contributed by atoms with Gasteiger partial charge >= 0.3 is 0 Å². The minimum Gasteiger partial charge on any atom is -0.289 e. The largest absolute Gasteiger partial charge is 0.289 e. The minimum atomic E-state index is 0.0444. The van der Waals surface area contributed by atoms with Gasteiger partial charge < -0.3 is 0 Å². The molecule has 0 spiro atoms. The average Bonchev–Trinajstić information content (AvgIpc) is 3.14. The lowest BCUT2D eigenvalue weighted by Crippen LogP contribution is -2.01. The van der Waals surface area contributed by atoms with E-state index in [0.29, 0.717) is 5.02 Å². The van der Waals surface area contributed by atoms with Gasteiger partial charge in [-0.15, -0.1) is 0 Å². The molecule has 0 unspecified atom stereocenters. The normalized spacial score (nSPS) is 13.8. The second-order valence-electron chi connectivity index (χ2n) is 7.93. The van der Waals surface area contributed by atoms with Gasteiger partial charge in [-0.25, -0.2) is 0 Å². The lowest BCUT2D eigenvalue weighted by Gasteiger charge is -2.14. The van der Waals surface area contributed by atoms with Gasteiger partial charge in [0.05, 0.1) is 0 Å². The van der Waals surface area contributed by atoms with E-state index in [1.165, 1.54) is 5.56 Å². The number of ketones is 1. The Morgan fingerprint density at radius 1 is 0.469 bits per heavy atom. The molecular formula is C30H21ClO. The first-order chi connectivity index (χ1) is 15.6. The average molecular weight is 433 g/mol. The van der Waals surface area contributed by atoms with E-state index < -0.39 is 0 Å². The maximum Gasteiger partial charge on any atom is 0.195 e. The molecule has 0 N–H and O–H groups in total. The summed E-state index contributed by atoms with van der Waals surface area (Å²) >= 11 is 6.20. The molecule has 0 saturated carbocycles. The van der Waals surface area contributed by atoms with Crippen LogP contribution in [0.5, 0.6) is 0 Å². The third-order valence-electron chi connectivity index (χ3n) is 5.80. The van der Waals surface area contributed by atoms with Crippen LogP contribution in [0.15, 0.2) is 109 Å². The van der Waals surface area contributed by atoms with E-state index in [-0.39, 0.29) is 5.78 Å². The van der Waals surface area contributed by atoms with E-state index in [1.807, 2.05) is 84.9 Å². The van der Waals surface area contributed by atoms with Gasteiger partial charge in [0, 0.05) is 27.3 Å². The van der Waals surface area contributed by atoms with E-state index in [4.69, 9.17) is 11.6 Å². The third-order valence-corrected chi connectivity index (χ3v) is 6.05. The first-order valence-corrected chi connectivity index (χ1v) is 11.0. The van der Waals surface area contributed by atoms with Gasteiger partial charge in [0.2, 0.25) is 0 Å². The molecule has 2 heteroatoms. The van der Waals surface area contributed by atoms with Crippen LogP contribution in [0.1, 0.15) is 27.8 Å². The number of halogens is 1. The van der Waals surface area contributed by atoms with Gasteiger partial charge in [-0.2, -0.15) is 0 Å². The number of Topliss-reactive ketones (excluding diaryl/α,β-unsaturated/α-hetero) is 1. The summed E-state index contributed by atoms with van der Waals surface area (Å²) in [5.74, 6) is 0.0444. The fourth-order valence-corrected chi connectivity index (χ4v) is 4.40. The van der Waals surface area contributed by atoms with Crippen LogP contribution in [-0.2, 0) is 4.79 Å². The summed E-state index contributed by atoms with van der Waals surface area (Å²) in [5.41, 5.74) is 8.38. The van der Waals surface area contributed by atoms with Crippen LogP contribution in [-0.4, -0.2) is 5.78 Å². The van der Waals surface area contributed by atoms with Gasteiger partial charge in [0.1, 0.15) is 0 Å². The Hall–Kier alpha value is -3.68. The van der Waals surface area contributed by atoms with Crippen LogP contribution in [0.2, 0.25) is 5.02 Å². The number of benzene rings is 4. The van der Waals surface area contributed by atoms with Crippen LogP contribution in [0.3, 0.4) is 0 Å². The highest BCUT2D eigenvalue weighted by atomic mass is 35.5. The summed E-state index contributed by atoms with van der Waals surface area (Å²) in [4.78, 5) is 14.1. The van der Waals surface area contributed by atoms with Crippen LogP contribution < -0.4 is 0 Å². The van der Waals surface area contributed by atoms with Crippen molar-refractivity contribution in [2.75, 3.05) is 0 Å². The monoisotopic (exact) mass is 432 g/mol. The van der Waals surface area contributed by atoms with Crippen molar-refractivity contribution >= 4 is 39.7 Å². The summed E-state index contributed by atoms with van der Waals surface area (Å²) in [7, 11) is 0. The molecule has 0 bridgehead atoms. The van der Waals surface area contributed by atoms with E-state index in [9.17, 15) is 4.79 Å². The van der Waals surface area contributed by atoms with Crippen LogP contribution in [0, 0.1) is 6.92 Å². The van der Waals surface area contributed by atoms with E-state index in [0.717, 1.165) is 44.5 Å². The van der Waals surface area contributed by atoms with Crippen molar-refractivity contribution in [3.63, 3.8) is 0 Å². The zero-order chi connectivity index (χ0) is 22.1. The Morgan fingerprint density at radius 3 is 1.28 bits per heavy atom. The Kier molecular flexibility index (Phi) is 5.34. The van der Waals surface area contributed by atoms with Crippen molar-refractivity contribution in [1.29, 1.82) is 0 Å². The fourth-order valence-electron chi connectivity index (χ4n) is 4.28. The van der Waals surface area contributed by atoms with Gasteiger partial charge in [0.25, 0.3) is 0 Å². The van der Waals surface area contributed by atoms with Gasteiger partial charge in [-0.3, -0.25) is 4.79 Å². The van der Waals surface area contributed by atoms with Crippen LogP contribution in [0.4, 0.5) is 0 Å². The number of hydrogen-bond donors (Lipinski definition) is 0. The van der Waals surface area contributed by atoms with Gasteiger partial charge in [0.15, 0.2) is 5.78 Å². The minimum absolute atomic E-state index is 0.0444. The van der Waals surface area contributed by atoms with E-state index in [1.54, 1.807) is 0 Å². The standard InChI is InChI=1S/C30H21ClO/c1-20-12-14-23(15-13-20)26-27(24-16-18-25(31)19-17-24)29(22-10-6-3-7-11-22)30(32)28(26)21-8-4-2-5-9-21/h2-19H,1H3. The first kappa shape index (κ1) is 20.2. The third kappa shape index (κ3) is 3.62. The molecule has 0 fully saturated rings. The summed E-state index contributed by atoms with van der Waals surface area (Å²) in [6, 6.07) is 36.0. The highest BCUT2D eigenvalue weighted by Crippen LogP contribution is 2.49. The fraction of sp³-hybridized carbons (Fsp3) is 0.0333. The molecule has 0 radical (unpaired) electrons. The molecule has 0 saturated heterocycles. The zero-order valence-corrected chi connectivity index (χ0v) is 18.4. The highest BCUT2D eigenvalue weighted by molar-refractivity contribution is 6.59. The van der Waals surface area contributed by atoms with Gasteiger partial charge in [-0.05, 0) is 41.3 Å². The summed E-state index contributed by atoms with van der Waals surface area (Å²) < 4.78 is 0. The quantitative estimate of drug-likeness (QED) is 0.322. The van der Waals surface area contributed by atoms with Crippen LogP contribution >= 0.6 is 11.6 Å². The highest BCUT2D eigenvalue weighted by Gasteiger charge is 2.35. The van der Waals surface area contributed by atoms with Gasteiger partial charge in [-0.1, -0.05) is 114 Å². The van der Waals surface area contributed by atoms with E-state index >= 15 is 0 Å². The summed E-state index contributed by atoms with van der Waals surface area (Å²) in [5, 5.41) is 0.670. The topological polar surface area (TPSA) is 17.1 Å². The lowest BCUT2D eigenvalue weighted by molar-refractivity contribution is -0.108. The Balaban J connectivity index is 1.87. The number of rotatable bonds is 4. The number of carbonyl (C=O) groups excluding carboxylic acids is 1. The number of allylic oxidation sites excluding steroid dienone is 4. The molecule has 0 amide bonds. The second-order valence-corrected chi connectivity index (χ2v) is 8.37. The zero-order valence-electron chi connectivity index (χ0n) is 17.7. The molecule has 0 aliphatic heterocycles. The molecule has 1 aliphatic rings. The molecule has 154 valence electrons. The maximum absolute atomic E-state index is 14.1. The Morgan fingerprint density at radius 2 is 0.844 bits per heavy atom. The second kappa shape index (κ2) is 8.45. The van der Waals surface area contributed by atoms with Crippen molar-refractivity contribution in [3.8, 4) is 0 Å². The van der Waals surface area contributed by atoms with Crippen molar-refractivity contribution in [2.24, 2.45) is 0 Å². The molecule has 4 aromatic rings. The Bertz CT molecular complexity index is 1240. The first-order valence-electron chi connectivity index (χ1n) is 10.6. The molecular weight excluding hydrogens is 412 g/mol. The predicted octanol–water partition coefficient (Wildman–Crippen LogP) is 7.75. The molecule has 1 aliphatic carbocycles. The summed E-state index contributed by atoms with van der Waals surface area (Å²) in [6.45, 7) is 2.07. The number of hydrogen-bond acceptors (Lipinski definition) is 1. The number of aryl methyl sites for hydroxylation is 1. The SMILES string of the molecule is Cc1ccc(C2=C(c3ccccc3)C(=O)C(c3ccccc3)=C2c2ccc(Cl)cc2)cc1. The van der Waals surface area contributed by atoms with Crippen molar-refractivity contribution in [3.05, 3.63) is 142 Å². The molecule has 32 heavy (non-hydrogen) atoms. The molecule has 4 aromatic carbocycles. The number of carbonyl (C=O) groups is 1. The van der Waals surface area contributed by atoms with Crippen molar-refractivity contribution in [2.45, 2.75) is 6.92 Å². The van der Waals surface area contributed by atoms with Crippen LogP contribution in [0.25, 0.3) is 22.3 Å². The summed E-state index contributed by atoms with van der Waals surface area (Å²) in [6.07, 6.45) is 0. The van der Waals surface area contributed by atoms with Crippen molar-refractivity contribution in [1.82, 2.24) is 0 Å². The molecule has 0 heterocycles. The molecule has 1 nitrogen and oxygen atoms in total. The lowest BCUT2D eigenvalue weighted by atomic mass is 9.89. The molecule has 5 rings (SSSR count). The maximum atomic E-state index is 14.1. The smallest absolute Gasteiger partial charge is 0.195 e. The Labute approximate surface area is 193 Å². The predicted molar refractivity (Wildman–Crippen MR) is 134 cm³/mol.